The molecule has 4 aromatic rings. The van der Waals surface area contributed by atoms with E-state index in [9.17, 15) is 22.0 Å². The number of fused-ring (bicyclic) bond motifs is 3. The molecule has 0 atom stereocenters. The van der Waals surface area contributed by atoms with Crippen LogP contribution in [0.3, 0.4) is 0 Å². The zero-order chi connectivity index (χ0) is 20.0. The van der Waals surface area contributed by atoms with Gasteiger partial charge in [-0.3, -0.25) is 0 Å². The fourth-order valence-corrected chi connectivity index (χ4v) is 3.56. The Morgan fingerprint density at radius 3 is 1.89 bits per heavy atom. The lowest BCUT2D eigenvalue weighted by Gasteiger charge is -2.11. The Morgan fingerprint density at radius 1 is 0.571 bits per heavy atom. The van der Waals surface area contributed by atoms with Crippen LogP contribution in [0.4, 0.5) is 22.0 Å². The molecule has 0 saturated carbocycles. The van der Waals surface area contributed by atoms with Crippen molar-refractivity contribution in [1.29, 1.82) is 0 Å². The maximum absolute atomic E-state index is 14.8. The molecule has 0 N–H and O–H groups in total. The maximum atomic E-state index is 14.8. The van der Waals surface area contributed by atoms with E-state index in [0.717, 1.165) is 24.6 Å². The van der Waals surface area contributed by atoms with Crippen LogP contribution in [-0.2, 0) is 6.42 Å². The molecule has 0 amide bonds. The van der Waals surface area contributed by atoms with Crippen LogP contribution in [0.1, 0.15) is 18.9 Å². The van der Waals surface area contributed by atoms with Crippen LogP contribution in [-0.4, -0.2) is 0 Å². The number of halogens is 5. The molecule has 142 valence electrons. The SMILES string of the molecule is CCCc1ccc2c(cc(F)c3cc(-c4cc(F)c(F)c(F)c4)ccc32)c1F. The van der Waals surface area contributed by atoms with Crippen molar-refractivity contribution in [2.24, 2.45) is 0 Å². The molecule has 0 bridgehead atoms. The first-order valence-corrected chi connectivity index (χ1v) is 8.89. The first kappa shape index (κ1) is 18.4. The van der Waals surface area contributed by atoms with E-state index in [1.54, 1.807) is 24.3 Å². The maximum Gasteiger partial charge on any atom is 0.194 e. The van der Waals surface area contributed by atoms with E-state index in [1.807, 2.05) is 6.92 Å². The zero-order valence-electron chi connectivity index (χ0n) is 14.9. The summed E-state index contributed by atoms with van der Waals surface area (Å²) in [6.07, 6.45) is 1.33. The summed E-state index contributed by atoms with van der Waals surface area (Å²) in [7, 11) is 0. The van der Waals surface area contributed by atoms with Crippen molar-refractivity contribution in [3.05, 3.63) is 83.2 Å². The zero-order valence-corrected chi connectivity index (χ0v) is 14.9. The molecule has 0 heterocycles. The van der Waals surface area contributed by atoms with Crippen LogP contribution >= 0.6 is 0 Å². The Labute approximate surface area is 158 Å². The lowest BCUT2D eigenvalue weighted by atomic mass is 9.95. The number of rotatable bonds is 3. The molecule has 0 unspecified atom stereocenters. The minimum Gasteiger partial charge on any atom is -0.206 e. The summed E-state index contributed by atoms with van der Waals surface area (Å²) in [4.78, 5) is 0. The highest BCUT2D eigenvalue weighted by Gasteiger charge is 2.15. The molecule has 0 spiro atoms. The number of aryl methyl sites for hydroxylation is 1. The smallest absolute Gasteiger partial charge is 0.194 e. The molecule has 4 rings (SSSR count). The Bertz CT molecular complexity index is 1200. The third-order valence-corrected chi connectivity index (χ3v) is 4.93. The minimum atomic E-state index is -1.56. The number of hydrogen-bond donors (Lipinski definition) is 0. The van der Waals surface area contributed by atoms with Crippen LogP contribution in [0.15, 0.2) is 48.5 Å². The predicted molar refractivity (Wildman–Crippen MR) is 101 cm³/mol. The van der Waals surface area contributed by atoms with Gasteiger partial charge in [0.25, 0.3) is 0 Å². The Hall–Kier alpha value is -2.95. The van der Waals surface area contributed by atoms with Crippen molar-refractivity contribution in [3.63, 3.8) is 0 Å². The monoisotopic (exact) mass is 386 g/mol. The molecule has 0 nitrogen and oxygen atoms in total. The first-order valence-electron chi connectivity index (χ1n) is 8.89. The third kappa shape index (κ3) is 2.91. The summed E-state index contributed by atoms with van der Waals surface area (Å²) >= 11 is 0. The summed E-state index contributed by atoms with van der Waals surface area (Å²) < 4.78 is 69.8. The van der Waals surface area contributed by atoms with Gasteiger partial charge in [-0.2, -0.15) is 0 Å². The van der Waals surface area contributed by atoms with Crippen LogP contribution < -0.4 is 0 Å². The van der Waals surface area contributed by atoms with E-state index in [2.05, 4.69) is 0 Å². The molecule has 0 aliphatic rings. The highest BCUT2D eigenvalue weighted by molar-refractivity contribution is 6.09. The van der Waals surface area contributed by atoms with Crippen LogP contribution in [0.5, 0.6) is 0 Å². The summed E-state index contributed by atoms with van der Waals surface area (Å²) in [6, 6.07) is 10.8. The molecule has 28 heavy (non-hydrogen) atoms. The summed E-state index contributed by atoms with van der Waals surface area (Å²) in [6.45, 7) is 1.94. The second kappa shape index (κ2) is 6.89. The Kier molecular flexibility index (Phi) is 4.53. The molecule has 0 aromatic heterocycles. The average molecular weight is 386 g/mol. The summed E-state index contributed by atoms with van der Waals surface area (Å²) in [5, 5.41) is 1.43. The van der Waals surface area contributed by atoms with Crippen LogP contribution in [0.2, 0.25) is 0 Å². The van der Waals surface area contributed by atoms with E-state index in [0.29, 0.717) is 28.3 Å². The van der Waals surface area contributed by atoms with Crippen molar-refractivity contribution in [3.8, 4) is 11.1 Å². The topological polar surface area (TPSA) is 0 Å². The predicted octanol–water partition coefficient (Wildman–Crippen LogP) is 7.31. The molecule has 5 heteroatoms. The second-order valence-corrected chi connectivity index (χ2v) is 6.76. The van der Waals surface area contributed by atoms with Crippen LogP contribution in [0, 0.1) is 29.1 Å². The van der Waals surface area contributed by atoms with E-state index in [-0.39, 0.29) is 16.3 Å². The fourth-order valence-electron chi connectivity index (χ4n) is 3.56. The van der Waals surface area contributed by atoms with Gasteiger partial charge in [-0.05, 0) is 58.1 Å². The van der Waals surface area contributed by atoms with Crippen molar-refractivity contribution >= 4 is 21.5 Å². The standard InChI is InChI=1S/C23H15F5/c1-2-3-12-4-6-16-15-7-5-13(14-9-20(25)23(28)21(26)10-14)8-17(15)19(24)11-18(16)22(12)27/h4-11H,2-3H2,1H3. The lowest BCUT2D eigenvalue weighted by molar-refractivity contribution is 0.448. The van der Waals surface area contributed by atoms with Crippen molar-refractivity contribution in [2.75, 3.05) is 0 Å². The third-order valence-electron chi connectivity index (χ3n) is 4.93. The summed E-state index contributed by atoms with van der Waals surface area (Å²) in [5.74, 6) is -5.27. The lowest BCUT2D eigenvalue weighted by Crippen LogP contribution is -1.94. The molecule has 0 radical (unpaired) electrons. The molecular weight excluding hydrogens is 371 g/mol. The minimum absolute atomic E-state index is 0.0854. The van der Waals surface area contributed by atoms with Gasteiger partial charge in [-0.1, -0.05) is 37.6 Å². The van der Waals surface area contributed by atoms with Gasteiger partial charge in [0.2, 0.25) is 0 Å². The van der Waals surface area contributed by atoms with Gasteiger partial charge in [0.05, 0.1) is 0 Å². The van der Waals surface area contributed by atoms with Crippen LogP contribution in [0.25, 0.3) is 32.7 Å². The molecule has 0 aliphatic heterocycles. The van der Waals surface area contributed by atoms with Gasteiger partial charge in [-0.25, -0.2) is 22.0 Å². The highest BCUT2D eigenvalue weighted by Crippen LogP contribution is 2.34. The Morgan fingerprint density at radius 2 is 1.21 bits per heavy atom. The molecule has 0 aliphatic carbocycles. The second-order valence-electron chi connectivity index (χ2n) is 6.76. The molecule has 0 fully saturated rings. The number of benzene rings is 4. The van der Waals surface area contributed by atoms with E-state index >= 15 is 0 Å². The van der Waals surface area contributed by atoms with E-state index in [4.69, 9.17) is 0 Å². The first-order chi connectivity index (χ1) is 13.4. The quantitative estimate of drug-likeness (QED) is 0.197. The van der Waals surface area contributed by atoms with Crippen molar-refractivity contribution in [1.82, 2.24) is 0 Å². The van der Waals surface area contributed by atoms with E-state index < -0.39 is 29.1 Å². The average Bonchev–Trinajstić information content (AvgIpc) is 2.68. The summed E-state index contributed by atoms with van der Waals surface area (Å²) in [5.41, 5.74) is 0.941. The van der Waals surface area contributed by atoms with Crippen molar-refractivity contribution < 1.29 is 22.0 Å². The molecule has 0 saturated heterocycles. The van der Waals surface area contributed by atoms with Gasteiger partial charge in [0.1, 0.15) is 11.6 Å². The van der Waals surface area contributed by atoms with Gasteiger partial charge < -0.3 is 0 Å². The fraction of sp³-hybridized carbons (Fsp3) is 0.130. The number of hydrogen-bond acceptors (Lipinski definition) is 0. The normalized spacial score (nSPS) is 11.5. The van der Waals surface area contributed by atoms with E-state index in [1.165, 1.54) is 6.07 Å². The Balaban J connectivity index is 1.95. The largest absolute Gasteiger partial charge is 0.206 e. The molecular formula is C23H15F5. The van der Waals surface area contributed by atoms with Crippen molar-refractivity contribution in [2.45, 2.75) is 19.8 Å². The van der Waals surface area contributed by atoms with Gasteiger partial charge in [0, 0.05) is 10.8 Å². The van der Waals surface area contributed by atoms with Gasteiger partial charge in [-0.15, -0.1) is 0 Å². The van der Waals surface area contributed by atoms with Gasteiger partial charge in [0.15, 0.2) is 17.5 Å². The van der Waals surface area contributed by atoms with Gasteiger partial charge >= 0.3 is 0 Å². The highest BCUT2D eigenvalue weighted by atomic mass is 19.2. The molecule has 4 aromatic carbocycles.